The first-order valence-corrected chi connectivity index (χ1v) is 8.18. The molecule has 0 aliphatic carbocycles. The molecule has 8 nitrogen and oxygen atoms in total. The van der Waals surface area contributed by atoms with Crippen LogP contribution in [0.2, 0.25) is 0 Å². The Morgan fingerprint density at radius 2 is 1.95 bits per heavy atom. The minimum absolute atomic E-state index is 0.0254. The van der Waals surface area contributed by atoms with E-state index in [1.165, 1.54) is 6.26 Å². The highest BCUT2D eigenvalue weighted by Crippen LogP contribution is 2.17. The average molecular weight is 286 g/mol. The van der Waals surface area contributed by atoms with E-state index in [1.54, 1.807) is 0 Å². The molecule has 0 saturated carbocycles. The second kappa shape index (κ2) is 5.55. The van der Waals surface area contributed by atoms with Crippen LogP contribution in [0.25, 0.3) is 0 Å². The van der Waals surface area contributed by atoms with Gasteiger partial charge in [0.05, 0.1) is 5.75 Å². The van der Waals surface area contributed by atoms with E-state index in [0.717, 1.165) is 25.9 Å². The topological polar surface area (TPSA) is 114 Å². The molecule has 0 aromatic carbocycles. The van der Waals surface area contributed by atoms with Crippen LogP contribution in [0.15, 0.2) is 0 Å². The standard InChI is InChI=1S/C10H18N6O2S/c1-19(17,18)7-4-12-9-13-8(11)14-10(15-9)16-5-2-3-6-16/h2-7H2,1H3,(H3,11,12,13,14,15). The summed E-state index contributed by atoms with van der Waals surface area (Å²) < 4.78 is 22.1. The van der Waals surface area contributed by atoms with Crippen LogP contribution in [0.5, 0.6) is 0 Å². The lowest BCUT2D eigenvalue weighted by Gasteiger charge is -2.15. The van der Waals surface area contributed by atoms with Gasteiger partial charge in [-0.05, 0) is 12.8 Å². The number of hydrogen-bond donors (Lipinski definition) is 2. The minimum Gasteiger partial charge on any atom is -0.368 e. The fourth-order valence-corrected chi connectivity index (χ4v) is 2.34. The van der Waals surface area contributed by atoms with Crippen molar-refractivity contribution >= 4 is 27.7 Å². The molecule has 3 N–H and O–H groups in total. The maximum absolute atomic E-state index is 11.0. The second-order valence-electron chi connectivity index (χ2n) is 4.57. The molecule has 0 atom stereocenters. The Kier molecular flexibility index (Phi) is 4.03. The van der Waals surface area contributed by atoms with Gasteiger partial charge in [-0.25, -0.2) is 8.42 Å². The second-order valence-corrected chi connectivity index (χ2v) is 6.83. The number of aromatic nitrogens is 3. The molecule has 1 aromatic heterocycles. The SMILES string of the molecule is CS(=O)(=O)CCNc1nc(N)nc(N2CCCC2)n1. The Morgan fingerprint density at radius 1 is 1.26 bits per heavy atom. The van der Waals surface area contributed by atoms with E-state index in [0.29, 0.717) is 11.9 Å². The summed E-state index contributed by atoms with van der Waals surface area (Å²) in [5, 5.41) is 2.86. The number of nitrogens with two attached hydrogens (primary N) is 1. The van der Waals surface area contributed by atoms with Crippen molar-refractivity contribution in [2.45, 2.75) is 12.8 Å². The predicted molar refractivity (Wildman–Crippen MR) is 73.9 cm³/mol. The lowest BCUT2D eigenvalue weighted by molar-refractivity contribution is 0.602. The van der Waals surface area contributed by atoms with Gasteiger partial charge in [0.25, 0.3) is 0 Å². The third-order valence-electron chi connectivity index (χ3n) is 2.79. The summed E-state index contributed by atoms with van der Waals surface area (Å²) in [6.45, 7) is 2.07. The van der Waals surface area contributed by atoms with Crippen molar-refractivity contribution in [1.29, 1.82) is 0 Å². The number of nitrogen functional groups attached to an aromatic ring is 1. The smallest absolute Gasteiger partial charge is 0.231 e. The van der Waals surface area contributed by atoms with Gasteiger partial charge in [-0.3, -0.25) is 0 Å². The summed E-state index contributed by atoms with van der Waals surface area (Å²) in [5.41, 5.74) is 5.64. The van der Waals surface area contributed by atoms with Gasteiger partial charge < -0.3 is 16.0 Å². The molecule has 2 rings (SSSR count). The highest BCUT2D eigenvalue weighted by atomic mass is 32.2. The first-order chi connectivity index (χ1) is 8.94. The molecule has 1 aliphatic rings. The van der Waals surface area contributed by atoms with E-state index in [-0.39, 0.29) is 18.2 Å². The van der Waals surface area contributed by atoms with Gasteiger partial charge in [-0.15, -0.1) is 0 Å². The minimum atomic E-state index is -3.01. The Labute approximate surface area is 112 Å². The largest absolute Gasteiger partial charge is 0.368 e. The van der Waals surface area contributed by atoms with Gasteiger partial charge in [0.1, 0.15) is 9.84 Å². The summed E-state index contributed by atoms with van der Waals surface area (Å²) in [6, 6.07) is 0. The highest BCUT2D eigenvalue weighted by Gasteiger charge is 2.16. The number of hydrogen-bond acceptors (Lipinski definition) is 8. The monoisotopic (exact) mass is 286 g/mol. The van der Waals surface area contributed by atoms with Crippen molar-refractivity contribution in [3.63, 3.8) is 0 Å². The summed E-state index contributed by atoms with van der Waals surface area (Å²) in [6.07, 6.45) is 3.41. The molecule has 0 spiro atoms. The molecule has 0 amide bonds. The number of rotatable bonds is 5. The highest BCUT2D eigenvalue weighted by molar-refractivity contribution is 7.90. The maximum Gasteiger partial charge on any atom is 0.231 e. The maximum atomic E-state index is 11.0. The molecule has 2 heterocycles. The van der Waals surface area contributed by atoms with Gasteiger partial charge in [-0.1, -0.05) is 0 Å². The first kappa shape index (κ1) is 13.8. The van der Waals surface area contributed by atoms with Gasteiger partial charge in [0.15, 0.2) is 0 Å². The van der Waals surface area contributed by atoms with Crippen molar-refractivity contribution in [3.05, 3.63) is 0 Å². The average Bonchev–Trinajstić information content (AvgIpc) is 2.79. The van der Waals surface area contributed by atoms with Gasteiger partial charge >= 0.3 is 0 Å². The molecule has 1 fully saturated rings. The zero-order valence-electron chi connectivity index (χ0n) is 10.8. The number of nitrogens with zero attached hydrogens (tertiary/aromatic N) is 4. The zero-order valence-corrected chi connectivity index (χ0v) is 11.7. The van der Waals surface area contributed by atoms with E-state index in [4.69, 9.17) is 5.73 Å². The molecular weight excluding hydrogens is 268 g/mol. The van der Waals surface area contributed by atoms with Crippen LogP contribution < -0.4 is 16.0 Å². The number of nitrogens with one attached hydrogen (secondary N) is 1. The predicted octanol–water partition coefficient (Wildman–Crippen LogP) is -0.489. The van der Waals surface area contributed by atoms with Gasteiger partial charge in [0, 0.05) is 25.9 Å². The Hall–Kier alpha value is -1.64. The van der Waals surface area contributed by atoms with Crippen molar-refractivity contribution in [1.82, 2.24) is 15.0 Å². The molecular formula is C10H18N6O2S. The van der Waals surface area contributed by atoms with Crippen LogP contribution in [0, 0.1) is 0 Å². The Balaban J connectivity index is 2.04. The van der Waals surface area contributed by atoms with Crippen molar-refractivity contribution in [2.75, 3.05) is 47.6 Å². The first-order valence-electron chi connectivity index (χ1n) is 6.12. The summed E-state index contributed by atoms with van der Waals surface area (Å²) >= 11 is 0. The quantitative estimate of drug-likeness (QED) is 0.745. The molecule has 1 aromatic rings. The van der Waals surface area contributed by atoms with Crippen LogP contribution in [0.1, 0.15) is 12.8 Å². The lowest BCUT2D eigenvalue weighted by Crippen LogP contribution is -2.23. The molecule has 1 saturated heterocycles. The van der Waals surface area contributed by atoms with Crippen LogP contribution in [0.3, 0.4) is 0 Å². The number of sulfone groups is 1. The fraction of sp³-hybridized carbons (Fsp3) is 0.700. The van der Waals surface area contributed by atoms with E-state index in [2.05, 4.69) is 20.3 Å². The normalized spacial score (nSPS) is 15.7. The van der Waals surface area contributed by atoms with Gasteiger partial charge in [0.2, 0.25) is 17.8 Å². The zero-order chi connectivity index (χ0) is 13.9. The third kappa shape index (κ3) is 4.19. The van der Waals surface area contributed by atoms with E-state index >= 15 is 0 Å². The van der Waals surface area contributed by atoms with Gasteiger partial charge in [-0.2, -0.15) is 15.0 Å². The van der Waals surface area contributed by atoms with E-state index < -0.39 is 9.84 Å². The van der Waals surface area contributed by atoms with Crippen molar-refractivity contribution in [3.8, 4) is 0 Å². The fourth-order valence-electron chi connectivity index (χ4n) is 1.87. The van der Waals surface area contributed by atoms with Crippen LogP contribution in [-0.2, 0) is 9.84 Å². The molecule has 1 aliphatic heterocycles. The lowest BCUT2D eigenvalue weighted by atomic mass is 10.4. The Bertz CT molecular complexity index is 541. The van der Waals surface area contributed by atoms with Crippen LogP contribution in [-0.4, -0.2) is 55.0 Å². The van der Waals surface area contributed by atoms with Crippen LogP contribution in [0.4, 0.5) is 17.8 Å². The molecule has 106 valence electrons. The molecule has 19 heavy (non-hydrogen) atoms. The Morgan fingerprint density at radius 3 is 2.58 bits per heavy atom. The van der Waals surface area contributed by atoms with E-state index in [1.807, 2.05) is 4.90 Å². The van der Waals surface area contributed by atoms with Crippen molar-refractivity contribution < 1.29 is 8.42 Å². The summed E-state index contributed by atoms with van der Waals surface area (Å²) in [5.74, 6) is 1.03. The van der Waals surface area contributed by atoms with Crippen LogP contribution >= 0.6 is 0 Å². The van der Waals surface area contributed by atoms with E-state index in [9.17, 15) is 8.42 Å². The molecule has 0 radical (unpaired) electrons. The summed E-state index contributed by atoms with van der Waals surface area (Å²) in [4.78, 5) is 14.3. The summed E-state index contributed by atoms with van der Waals surface area (Å²) in [7, 11) is -3.01. The molecule has 9 heteroatoms. The third-order valence-corrected chi connectivity index (χ3v) is 3.73. The number of anilines is 3. The molecule has 0 bridgehead atoms. The molecule has 0 unspecified atom stereocenters. The van der Waals surface area contributed by atoms with Crippen molar-refractivity contribution in [2.24, 2.45) is 0 Å².